The van der Waals surface area contributed by atoms with Crippen LogP contribution in [0.15, 0.2) is 0 Å². The maximum Gasteiger partial charge on any atom is 0.366 e. The molecule has 1 fully saturated rings. The second-order valence-electron chi connectivity index (χ2n) is 3.02. The summed E-state index contributed by atoms with van der Waals surface area (Å²) in [6, 6.07) is -0.997. The van der Waals surface area contributed by atoms with Crippen LogP contribution < -0.4 is 4.47 Å². The van der Waals surface area contributed by atoms with E-state index in [1.165, 1.54) is 0 Å². The second-order valence-corrected chi connectivity index (χ2v) is 4.61. The fourth-order valence-corrected chi connectivity index (χ4v) is 1.79. The van der Waals surface area contributed by atoms with Crippen molar-refractivity contribution in [2.75, 3.05) is 6.61 Å². The molecule has 1 rings (SSSR count). The Hall–Kier alpha value is -0.300. The third kappa shape index (κ3) is 2.10. The van der Waals surface area contributed by atoms with E-state index in [4.69, 9.17) is 9.84 Å². The van der Waals surface area contributed by atoms with Crippen LogP contribution >= 0.6 is 11.9 Å². The molecule has 2 atom stereocenters. The molecule has 0 bridgehead atoms. The zero-order valence-corrected chi connectivity index (χ0v) is 7.68. The smallest absolute Gasteiger partial charge is 0.366 e. The van der Waals surface area contributed by atoms with Gasteiger partial charge in [-0.3, -0.25) is 4.47 Å². The summed E-state index contributed by atoms with van der Waals surface area (Å²) in [5.74, 6) is -1.11. The van der Waals surface area contributed by atoms with Gasteiger partial charge >= 0.3 is 5.97 Å². The summed E-state index contributed by atoms with van der Waals surface area (Å²) >= 11 is 0.938. The van der Waals surface area contributed by atoms with Crippen molar-refractivity contribution in [3.05, 3.63) is 5.21 Å². The summed E-state index contributed by atoms with van der Waals surface area (Å²) in [5, 5.41) is 19.7. The second kappa shape index (κ2) is 3.21. The highest BCUT2D eigenvalue weighted by Gasteiger charge is 2.39. The van der Waals surface area contributed by atoms with Gasteiger partial charge in [-0.1, -0.05) is 0 Å². The van der Waals surface area contributed by atoms with Crippen LogP contribution in [-0.2, 0) is 9.53 Å². The number of hydrogen-bond acceptors (Lipinski definition) is 4. The molecule has 0 aliphatic carbocycles. The SMILES string of the molecule is CC1(C)OCC(C(=O)O)[NH+]([O-])S1. The topological polar surface area (TPSA) is 74.0 Å². The summed E-state index contributed by atoms with van der Waals surface area (Å²) in [4.78, 5) is 9.88. The van der Waals surface area contributed by atoms with Crippen molar-refractivity contribution in [2.45, 2.75) is 24.8 Å². The molecule has 0 amide bonds. The lowest BCUT2D eigenvalue weighted by molar-refractivity contribution is -0.727. The number of carboxylic acids is 1. The molecule has 1 saturated heterocycles. The standard InChI is InChI=1S/C6H11NO4S/c1-6(2)11-3-4(5(8)9)7(10)12-6/h4,7H,3H2,1-2H3,(H,8,9). The Kier molecular flexibility index (Phi) is 2.62. The molecule has 5 nitrogen and oxygen atoms in total. The fraction of sp³-hybridized carbons (Fsp3) is 0.833. The first-order chi connectivity index (χ1) is 5.42. The minimum atomic E-state index is -1.11. The van der Waals surface area contributed by atoms with Gasteiger partial charge in [0.15, 0.2) is 4.93 Å². The molecule has 1 heterocycles. The highest BCUT2D eigenvalue weighted by molar-refractivity contribution is 7.94. The minimum absolute atomic E-state index is 0.0197. The molecule has 2 N–H and O–H groups in total. The molecule has 0 saturated carbocycles. The Labute approximate surface area is 74.4 Å². The maximum atomic E-state index is 11.2. The Morgan fingerprint density at radius 3 is 2.83 bits per heavy atom. The maximum absolute atomic E-state index is 11.2. The number of ether oxygens (including phenoxy) is 1. The van der Waals surface area contributed by atoms with Gasteiger partial charge in [-0.2, -0.15) is 0 Å². The summed E-state index contributed by atoms with van der Waals surface area (Å²) in [6.07, 6.45) is 0. The van der Waals surface area contributed by atoms with E-state index in [1.807, 2.05) is 0 Å². The molecule has 0 aromatic heterocycles. The van der Waals surface area contributed by atoms with Crippen LogP contribution in [0.5, 0.6) is 0 Å². The van der Waals surface area contributed by atoms with Crippen LogP contribution in [0.4, 0.5) is 0 Å². The molecule has 2 unspecified atom stereocenters. The summed E-state index contributed by atoms with van der Waals surface area (Å²) < 4.78 is 4.85. The first-order valence-electron chi connectivity index (χ1n) is 3.52. The summed E-state index contributed by atoms with van der Waals surface area (Å²) in [7, 11) is 0. The van der Waals surface area contributed by atoms with Crippen LogP contribution in [0.3, 0.4) is 0 Å². The average Bonchev–Trinajstić information content (AvgIpc) is 1.83. The van der Waals surface area contributed by atoms with Crippen LogP contribution in [0, 0.1) is 5.21 Å². The average molecular weight is 193 g/mol. The van der Waals surface area contributed by atoms with Gasteiger partial charge in [0.05, 0.1) is 0 Å². The van der Waals surface area contributed by atoms with E-state index < -0.39 is 16.9 Å². The molecule has 6 heteroatoms. The molecule has 0 spiro atoms. The molecule has 0 aromatic rings. The lowest BCUT2D eigenvalue weighted by Crippen LogP contribution is -3.09. The Morgan fingerprint density at radius 1 is 1.83 bits per heavy atom. The number of carbonyl (C=O) groups is 1. The molecular weight excluding hydrogens is 182 g/mol. The number of carboxylic acid groups (broad SMARTS) is 1. The predicted octanol–water partition coefficient (Wildman–Crippen LogP) is -0.763. The predicted molar refractivity (Wildman–Crippen MR) is 43.4 cm³/mol. The quantitative estimate of drug-likeness (QED) is 0.423. The van der Waals surface area contributed by atoms with Crippen molar-refractivity contribution in [1.82, 2.24) is 0 Å². The van der Waals surface area contributed by atoms with E-state index in [1.54, 1.807) is 13.8 Å². The monoisotopic (exact) mass is 193 g/mol. The number of rotatable bonds is 1. The van der Waals surface area contributed by atoms with E-state index in [-0.39, 0.29) is 11.1 Å². The Bertz CT molecular complexity index is 196. The van der Waals surface area contributed by atoms with Crippen LogP contribution in [0.25, 0.3) is 0 Å². The van der Waals surface area contributed by atoms with Crippen molar-refractivity contribution >= 4 is 17.9 Å². The van der Waals surface area contributed by atoms with E-state index >= 15 is 0 Å². The first kappa shape index (κ1) is 9.79. The van der Waals surface area contributed by atoms with Gasteiger partial charge in [0.25, 0.3) is 0 Å². The van der Waals surface area contributed by atoms with Gasteiger partial charge < -0.3 is 15.1 Å². The van der Waals surface area contributed by atoms with E-state index in [0.29, 0.717) is 0 Å². The van der Waals surface area contributed by atoms with Crippen LogP contribution in [0.2, 0.25) is 0 Å². The molecule has 0 aromatic carbocycles. The van der Waals surface area contributed by atoms with Crippen molar-refractivity contribution in [3.8, 4) is 0 Å². The van der Waals surface area contributed by atoms with E-state index in [2.05, 4.69) is 0 Å². The molecule has 1 aliphatic rings. The minimum Gasteiger partial charge on any atom is -0.621 e. The van der Waals surface area contributed by atoms with E-state index in [0.717, 1.165) is 11.9 Å². The molecule has 1 aliphatic heterocycles. The lowest BCUT2D eigenvalue weighted by atomic mass is 10.3. The van der Waals surface area contributed by atoms with Gasteiger partial charge in [0, 0.05) is 0 Å². The zero-order chi connectivity index (χ0) is 9.35. The molecule has 70 valence electrons. The Balaban J connectivity index is 2.60. The van der Waals surface area contributed by atoms with Gasteiger partial charge in [0.2, 0.25) is 6.04 Å². The van der Waals surface area contributed by atoms with Gasteiger partial charge in [0.1, 0.15) is 18.6 Å². The number of quaternary nitrogens is 1. The highest BCUT2D eigenvalue weighted by atomic mass is 32.2. The zero-order valence-electron chi connectivity index (χ0n) is 6.86. The summed E-state index contributed by atoms with van der Waals surface area (Å²) in [5.41, 5.74) is 0. The number of hydroxylamine groups is 1. The van der Waals surface area contributed by atoms with Gasteiger partial charge in [-0.05, 0) is 13.8 Å². The highest BCUT2D eigenvalue weighted by Crippen LogP contribution is 2.23. The first-order valence-corrected chi connectivity index (χ1v) is 4.33. The van der Waals surface area contributed by atoms with Crippen molar-refractivity contribution in [2.24, 2.45) is 0 Å². The fourth-order valence-electron chi connectivity index (χ4n) is 0.867. The largest absolute Gasteiger partial charge is 0.621 e. The van der Waals surface area contributed by atoms with Crippen molar-refractivity contribution < 1.29 is 19.1 Å². The lowest BCUT2D eigenvalue weighted by Gasteiger charge is -2.38. The van der Waals surface area contributed by atoms with Gasteiger partial charge in [-0.25, -0.2) is 4.79 Å². The van der Waals surface area contributed by atoms with Crippen LogP contribution in [0.1, 0.15) is 13.8 Å². The Morgan fingerprint density at radius 2 is 2.42 bits per heavy atom. The van der Waals surface area contributed by atoms with Crippen molar-refractivity contribution in [1.29, 1.82) is 0 Å². The third-order valence-electron chi connectivity index (χ3n) is 1.53. The number of nitrogens with one attached hydrogen (secondary N) is 1. The number of hydrogen-bond donors (Lipinski definition) is 2. The number of aliphatic carboxylic acids is 1. The molecule has 12 heavy (non-hydrogen) atoms. The molecule has 0 radical (unpaired) electrons. The van der Waals surface area contributed by atoms with Gasteiger partial charge in [-0.15, -0.1) is 0 Å². The van der Waals surface area contributed by atoms with E-state index in [9.17, 15) is 10.0 Å². The molecular formula is C6H11NO4S. The normalized spacial score (nSPS) is 34.6. The van der Waals surface area contributed by atoms with Crippen molar-refractivity contribution in [3.63, 3.8) is 0 Å². The third-order valence-corrected chi connectivity index (χ3v) is 2.62. The summed E-state index contributed by atoms with van der Waals surface area (Å²) in [6.45, 7) is 3.47. The van der Waals surface area contributed by atoms with Crippen LogP contribution in [-0.4, -0.2) is 28.7 Å².